The molecule has 0 amide bonds. The third-order valence-corrected chi connectivity index (χ3v) is 3.19. The van der Waals surface area contributed by atoms with Gasteiger partial charge in [0, 0.05) is 24.2 Å². The molecule has 0 radical (unpaired) electrons. The molecule has 92 valence electrons. The van der Waals surface area contributed by atoms with Gasteiger partial charge in [-0.1, -0.05) is 30.4 Å². The van der Waals surface area contributed by atoms with E-state index in [-0.39, 0.29) is 6.04 Å². The number of hydrogen-bond acceptors (Lipinski definition) is 3. The number of ether oxygens (including phenoxy) is 1. The molecule has 1 aliphatic rings. The molecule has 0 saturated heterocycles. The predicted octanol–water partition coefficient (Wildman–Crippen LogP) is 2.00. The van der Waals surface area contributed by atoms with Gasteiger partial charge in [0.2, 0.25) is 0 Å². The van der Waals surface area contributed by atoms with Crippen LogP contribution in [0.2, 0.25) is 0 Å². The van der Waals surface area contributed by atoms with Crippen LogP contribution in [0.1, 0.15) is 24.4 Å². The molecule has 1 atom stereocenters. The Morgan fingerprint density at radius 3 is 2.71 bits per heavy atom. The highest BCUT2D eigenvalue weighted by molar-refractivity contribution is 5.36. The Hall–Kier alpha value is -1.32. The van der Waals surface area contributed by atoms with Crippen LogP contribution in [0.25, 0.3) is 0 Å². The zero-order valence-electron chi connectivity index (χ0n) is 10.2. The van der Waals surface area contributed by atoms with Crippen molar-refractivity contribution in [3.8, 4) is 5.75 Å². The summed E-state index contributed by atoms with van der Waals surface area (Å²) >= 11 is 0. The normalized spacial score (nSPS) is 17.3. The van der Waals surface area contributed by atoms with E-state index in [1.165, 1.54) is 0 Å². The first-order valence-corrected chi connectivity index (χ1v) is 6.09. The fourth-order valence-electron chi connectivity index (χ4n) is 2.28. The van der Waals surface area contributed by atoms with E-state index in [0.717, 1.165) is 24.2 Å². The molecular formula is C14H20N2O. The Morgan fingerprint density at radius 1 is 1.35 bits per heavy atom. The van der Waals surface area contributed by atoms with Crippen molar-refractivity contribution in [3.05, 3.63) is 42.0 Å². The highest BCUT2D eigenvalue weighted by Gasteiger charge is 2.18. The number of methoxy groups -OCH3 is 1. The second kappa shape index (κ2) is 5.84. The van der Waals surface area contributed by atoms with Crippen LogP contribution in [-0.4, -0.2) is 19.7 Å². The molecule has 1 aromatic carbocycles. The van der Waals surface area contributed by atoms with Crippen LogP contribution in [-0.2, 0) is 0 Å². The van der Waals surface area contributed by atoms with Gasteiger partial charge in [-0.05, 0) is 18.9 Å². The van der Waals surface area contributed by atoms with Crippen LogP contribution in [0.5, 0.6) is 5.75 Å². The lowest BCUT2D eigenvalue weighted by molar-refractivity contribution is 0.390. The van der Waals surface area contributed by atoms with Gasteiger partial charge in [0.15, 0.2) is 0 Å². The largest absolute Gasteiger partial charge is 0.496 e. The second-order valence-corrected chi connectivity index (χ2v) is 4.34. The highest BCUT2D eigenvalue weighted by atomic mass is 16.5. The van der Waals surface area contributed by atoms with Crippen LogP contribution < -0.4 is 15.8 Å². The van der Waals surface area contributed by atoms with Gasteiger partial charge in [-0.2, -0.15) is 0 Å². The first-order chi connectivity index (χ1) is 8.35. The summed E-state index contributed by atoms with van der Waals surface area (Å²) in [5.41, 5.74) is 7.01. The SMILES string of the molecule is COc1ccccc1C(CN)NC1CC=CC1. The van der Waals surface area contributed by atoms with E-state index in [4.69, 9.17) is 10.5 Å². The lowest BCUT2D eigenvalue weighted by Crippen LogP contribution is -2.35. The summed E-state index contributed by atoms with van der Waals surface area (Å²) in [7, 11) is 1.70. The summed E-state index contributed by atoms with van der Waals surface area (Å²) in [6, 6.07) is 8.73. The summed E-state index contributed by atoms with van der Waals surface area (Å²) in [6.45, 7) is 0.580. The maximum Gasteiger partial charge on any atom is 0.123 e. The van der Waals surface area contributed by atoms with Gasteiger partial charge < -0.3 is 15.8 Å². The van der Waals surface area contributed by atoms with Crippen molar-refractivity contribution in [2.45, 2.75) is 24.9 Å². The molecule has 3 heteroatoms. The Labute approximate surface area is 103 Å². The van der Waals surface area contributed by atoms with Gasteiger partial charge >= 0.3 is 0 Å². The van der Waals surface area contributed by atoms with Crippen LogP contribution in [0.3, 0.4) is 0 Å². The summed E-state index contributed by atoms with van der Waals surface area (Å²) in [6.07, 6.45) is 6.61. The van der Waals surface area contributed by atoms with Crippen LogP contribution in [0.4, 0.5) is 0 Å². The minimum absolute atomic E-state index is 0.163. The Bertz CT molecular complexity index is 382. The molecule has 0 spiro atoms. The Balaban J connectivity index is 2.10. The predicted molar refractivity (Wildman–Crippen MR) is 70.1 cm³/mol. The average molecular weight is 232 g/mol. The summed E-state index contributed by atoms with van der Waals surface area (Å²) < 4.78 is 5.38. The Kier molecular flexibility index (Phi) is 4.18. The molecule has 0 aromatic heterocycles. The maximum atomic E-state index is 5.87. The summed E-state index contributed by atoms with van der Waals surface area (Å²) in [4.78, 5) is 0. The highest BCUT2D eigenvalue weighted by Crippen LogP contribution is 2.25. The van der Waals surface area contributed by atoms with Gasteiger partial charge in [-0.25, -0.2) is 0 Å². The monoisotopic (exact) mass is 232 g/mol. The summed E-state index contributed by atoms with van der Waals surface area (Å²) in [5.74, 6) is 0.904. The number of para-hydroxylation sites is 1. The third-order valence-electron chi connectivity index (χ3n) is 3.19. The molecule has 2 rings (SSSR count). The molecule has 3 nitrogen and oxygen atoms in total. The molecule has 0 aliphatic heterocycles. The molecule has 3 N–H and O–H groups in total. The fourth-order valence-corrected chi connectivity index (χ4v) is 2.28. The fraction of sp³-hybridized carbons (Fsp3) is 0.429. The number of hydrogen-bond donors (Lipinski definition) is 2. The van der Waals surface area contributed by atoms with E-state index in [1.807, 2.05) is 18.2 Å². The van der Waals surface area contributed by atoms with Crippen molar-refractivity contribution in [1.82, 2.24) is 5.32 Å². The molecule has 0 bridgehead atoms. The molecule has 1 aromatic rings. The molecule has 1 unspecified atom stereocenters. The first-order valence-electron chi connectivity index (χ1n) is 6.09. The van der Waals surface area contributed by atoms with Crippen LogP contribution in [0.15, 0.2) is 36.4 Å². The van der Waals surface area contributed by atoms with E-state index >= 15 is 0 Å². The molecule has 17 heavy (non-hydrogen) atoms. The van der Waals surface area contributed by atoms with Gasteiger partial charge in [0.1, 0.15) is 5.75 Å². The van der Waals surface area contributed by atoms with Crippen molar-refractivity contribution in [1.29, 1.82) is 0 Å². The first kappa shape index (κ1) is 12.1. The van der Waals surface area contributed by atoms with E-state index in [2.05, 4.69) is 23.5 Å². The van der Waals surface area contributed by atoms with E-state index in [1.54, 1.807) is 7.11 Å². The quantitative estimate of drug-likeness (QED) is 0.763. The standard InChI is InChI=1S/C14H20N2O/c1-17-14-9-5-4-8-12(14)13(10-15)16-11-6-2-3-7-11/h2-5,8-9,11,13,16H,6-7,10,15H2,1H3. The van der Waals surface area contributed by atoms with E-state index in [9.17, 15) is 0 Å². The van der Waals surface area contributed by atoms with Gasteiger partial charge in [0.25, 0.3) is 0 Å². The lowest BCUT2D eigenvalue weighted by atomic mass is 10.0. The number of nitrogens with one attached hydrogen (secondary N) is 1. The molecule has 0 saturated carbocycles. The minimum Gasteiger partial charge on any atom is -0.496 e. The molecular weight excluding hydrogens is 212 g/mol. The van der Waals surface area contributed by atoms with Crippen LogP contribution in [0, 0.1) is 0 Å². The third kappa shape index (κ3) is 2.87. The zero-order valence-corrected chi connectivity index (χ0v) is 10.2. The summed E-state index contributed by atoms with van der Waals surface area (Å²) in [5, 5.41) is 3.59. The lowest BCUT2D eigenvalue weighted by Gasteiger charge is -2.23. The van der Waals surface area contributed by atoms with E-state index in [0.29, 0.717) is 12.6 Å². The number of benzene rings is 1. The Morgan fingerprint density at radius 2 is 2.06 bits per heavy atom. The van der Waals surface area contributed by atoms with Gasteiger partial charge in [-0.15, -0.1) is 0 Å². The van der Waals surface area contributed by atoms with Crippen molar-refractivity contribution in [2.75, 3.05) is 13.7 Å². The molecule has 0 fully saturated rings. The van der Waals surface area contributed by atoms with Crippen LogP contribution >= 0.6 is 0 Å². The zero-order chi connectivity index (χ0) is 12.1. The minimum atomic E-state index is 0.163. The van der Waals surface area contributed by atoms with Crippen molar-refractivity contribution in [2.24, 2.45) is 5.73 Å². The van der Waals surface area contributed by atoms with Gasteiger partial charge in [-0.3, -0.25) is 0 Å². The van der Waals surface area contributed by atoms with Crippen molar-refractivity contribution >= 4 is 0 Å². The van der Waals surface area contributed by atoms with Crippen molar-refractivity contribution < 1.29 is 4.74 Å². The van der Waals surface area contributed by atoms with Crippen molar-refractivity contribution in [3.63, 3.8) is 0 Å². The number of rotatable bonds is 5. The number of nitrogens with two attached hydrogens (primary N) is 1. The molecule has 1 aliphatic carbocycles. The second-order valence-electron chi connectivity index (χ2n) is 4.34. The van der Waals surface area contributed by atoms with Gasteiger partial charge in [0.05, 0.1) is 7.11 Å². The molecule has 0 heterocycles. The van der Waals surface area contributed by atoms with E-state index < -0.39 is 0 Å². The smallest absolute Gasteiger partial charge is 0.123 e. The topological polar surface area (TPSA) is 47.3 Å². The average Bonchev–Trinajstić information content (AvgIpc) is 2.89. The maximum absolute atomic E-state index is 5.87.